The van der Waals surface area contributed by atoms with Crippen LogP contribution in [0.15, 0.2) is 28.9 Å². The normalized spacial score (nSPS) is 22.0. The van der Waals surface area contributed by atoms with Gasteiger partial charge in [0.2, 0.25) is 0 Å². The number of hydrogen-bond acceptors (Lipinski definition) is 3. The average molecular weight is 333 g/mol. The molecule has 0 unspecified atom stereocenters. The fourth-order valence-electron chi connectivity index (χ4n) is 3.45. The molecule has 1 aliphatic heterocycles. The van der Waals surface area contributed by atoms with Crippen LogP contribution in [0.5, 0.6) is 0 Å². The fourth-order valence-corrected chi connectivity index (χ4v) is 3.45. The molecule has 2 aromatic rings. The second kappa shape index (κ2) is 6.11. The lowest BCUT2D eigenvalue weighted by molar-refractivity contribution is 0.0155. The predicted molar refractivity (Wildman–Crippen MR) is 90.5 cm³/mol. The molecular weight excluding hydrogens is 309 g/mol. The Balaban J connectivity index is 1.78. The van der Waals surface area contributed by atoms with Gasteiger partial charge >= 0.3 is 6.09 Å². The molecule has 1 fully saturated rings. The molecule has 130 valence electrons. The zero-order valence-electron chi connectivity index (χ0n) is 14.6. The molecule has 2 heterocycles. The van der Waals surface area contributed by atoms with Crippen LogP contribution in [0.2, 0.25) is 0 Å². The van der Waals surface area contributed by atoms with E-state index in [2.05, 4.69) is 6.92 Å². The molecule has 0 bridgehead atoms. The molecule has 0 N–H and O–H groups in total. The smallest absolute Gasteiger partial charge is 0.410 e. The Labute approximate surface area is 141 Å². The largest absolute Gasteiger partial charge is 0.464 e. The number of nitrogens with zero attached hydrogens (tertiary/aromatic N) is 1. The molecule has 0 aliphatic carbocycles. The molecule has 1 amide bonds. The molecule has 1 aromatic carbocycles. The third-order valence-electron chi connectivity index (χ3n) is 4.50. The van der Waals surface area contributed by atoms with Crippen molar-refractivity contribution in [2.24, 2.45) is 5.92 Å². The second-order valence-corrected chi connectivity index (χ2v) is 7.63. The number of ether oxygens (including phenoxy) is 1. The maximum Gasteiger partial charge on any atom is 0.410 e. The molecular formula is C19H24FNO3. The molecule has 2 atom stereocenters. The van der Waals surface area contributed by atoms with Crippen molar-refractivity contribution in [2.45, 2.75) is 45.6 Å². The van der Waals surface area contributed by atoms with E-state index < -0.39 is 5.60 Å². The molecule has 24 heavy (non-hydrogen) atoms. The molecule has 0 saturated carbocycles. The summed E-state index contributed by atoms with van der Waals surface area (Å²) in [6, 6.07) is 4.83. The van der Waals surface area contributed by atoms with Gasteiger partial charge in [0.25, 0.3) is 0 Å². The zero-order chi connectivity index (χ0) is 17.5. The van der Waals surface area contributed by atoms with Gasteiger partial charge in [-0.15, -0.1) is 0 Å². The van der Waals surface area contributed by atoms with Gasteiger partial charge in [-0.25, -0.2) is 9.18 Å². The van der Waals surface area contributed by atoms with Gasteiger partial charge in [-0.1, -0.05) is 6.92 Å². The Bertz CT molecular complexity index is 747. The van der Waals surface area contributed by atoms with Crippen molar-refractivity contribution in [1.29, 1.82) is 0 Å². The van der Waals surface area contributed by atoms with Crippen LogP contribution in [0, 0.1) is 11.7 Å². The molecule has 0 spiro atoms. The minimum Gasteiger partial charge on any atom is -0.464 e. The zero-order valence-corrected chi connectivity index (χ0v) is 14.6. The van der Waals surface area contributed by atoms with Crippen molar-refractivity contribution in [2.75, 3.05) is 13.1 Å². The fraction of sp³-hybridized carbons (Fsp3) is 0.526. The Hall–Kier alpha value is -2.04. The quantitative estimate of drug-likeness (QED) is 0.743. The van der Waals surface area contributed by atoms with Crippen molar-refractivity contribution in [1.82, 2.24) is 4.90 Å². The lowest BCUT2D eigenvalue weighted by atomic mass is 9.81. The molecule has 0 radical (unpaired) electrons. The standard InChI is InChI=1S/C19H24FNO3/c1-12-11-21(18(22)24-19(2,3)4)7-5-15(12)16-10-14(20)9-13-6-8-23-17(13)16/h6,8-10,12,15H,5,7,11H2,1-4H3/t12-,15+/m0/s1. The Morgan fingerprint density at radius 1 is 1.38 bits per heavy atom. The van der Waals surface area contributed by atoms with Crippen molar-refractivity contribution < 1.29 is 18.3 Å². The Morgan fingerprint density at radius 2 is 2.12 bits per heavy atom. The number of amides is 1. The van der Waals surface area contributed by atoms with E-state index in [9.17, 15) is 9.18 Å². The summed E-state index contributed by atoms with van der Waals surface area (Å²) in [5.41, 5.74) is 1.14. The first-order chi connectivity index (χ1) is 11.2. The van der Waals surface area contributed by atoms with E-state index in [0.29, 0.717) is 13.1 Å². The van der Waals surface area contributed by atoms with Crippen LogP contribution in [0.4, 0.5) is 9.18 Å². The van der Waals surface area contributed by atoms with Gasteiger partial charge in [0.1, 0.15) is 17.0 Å². The van der Waals surface area contributed by atoms with Crippen LogP contribution in [0.25, 0.3) is 11.0 Å². The van der Waals surface area contributed by atoms with Crippen LogP contribution in [-0.2, 0) is 4.74 Å². The van der Waals surface area contributed by atoms with Crippen molar-refractivity contribution in [3.63, 3.8) is 0 Å². The minimum atomic E-state index is -0.500. The maximum atomic E-state index is 13.9. The Morgan fingerprint density at radius 3 is 2.79 bits per heavy atom. The number of hydrogen-bond donors (Lipinski definition) is 0. The van der Waals surface area contributed by atoms with Crippen molar-refractivity contribution in [3.8, 4) is 0 Å². The predicted octanol–water partition coefficient (Wildman–Crippen LogP) is 4.93. The van der Waals surface area contributed by atoms with Crippen LogP contribution in [-0.4, -0.2) is 29.7 Å². The van der Waals surface area contributed by atoms with Crippen LogP contribution in [0.3, 0.4) is 0 Å². The first-order valence-corrected chi connectivity index (χ1v) is 8.39. The summed E-state index contributed by atoms with van der Waals surface area (Å²) < 4.78 is 24.9. The number of fused-ring (bicyclic) bond motifs is 1. The number of likely N-dealkylation sites (tertiary alicyclic amines) is 1. The highest BCUT2D eigenvalue weighted by atomic mass is 19.1. The Kier molecular flexibility index (Phi) is 4.28. The highest BCUT2D eigenvalue weighted by Gasteiger charge is 2.33. The summed E-state index contributed by atoms with van der Waals surface area (Å²) in [5.74, 6) is 0.107. The van der Waals surface area contributed by atoms with Gasteiger partial charge in [0.15, 0.2) is 0 Å². The van der Waals surface area contributed by atoms with Gasteiger partial charge in [-0.2, -0.15) is 0 Å². The third kappa shape index (κ3) is 3.40. The molecule has 4 nitrogen and oxygen atoms in total. The highest BCUT2D eigenvalue weighted by Crippen LogP contribution is 2.37. The van der Waals surface area contributed by atoms with E-state index in [4.69, 9.17) is 9.15 Å². The summed E-state index contributed by atoms with van der Waals surface area (Å²) in [6.07, 6.45) is 2.07. The van der Waals surface area contributed by atoms with Crippen LogP contribution in [0.1, 0.15) is 45.6 Å². The van der Waals surface area contributed by atoms with Gasteiger partial charge in [0, 0.05) is 24.0 Å². The van der Waals surface area contributed by atoms with Crippen LogP contribution < -0.4 is 0 Å². The molecule has 1 aromatic heterocycles. The number of piperidine rings is 1. The molecule has 5 heteroatoms. The summed E-state index contributed by atoms with van der Waals surface area (Å²) in [7, 11) is 0. The lowest BCUT2D eigenvalue weighted by Gasteiger charge is -2.37. The topological polar surface area (TPSA) is 42.7 Å². The van der Waals surface area contributed by atoms with Crippen LogP contribution >= 0.6 is 0 Å². The molecule has 1 saturated heterocycles. The van der Waals surface area contributed by atoms with E-state index in [-0.39, 0.29) is 23.7 Å². The summed E-state index contributed by atoms with van der Waals surface area (Å²) in [4.78, 5) is 14.0. The monoisotopic (exact) mass is 333 g/mol. The first kappa shape index (κ1) is 16.8. The highest BCUT2D eigenvalue weighted by molar-refractivity contribution is 5.81. The lowest BCUT2D eigenvalue weighted by Crippen LogP contribution is -2.44. The molecule has 1 aliphatic rings. The minimum absolute atomic E-state index is 0.160. The summed E-state index contributed by atoms with van der Waals surface area (Å²) >= 11 is 0. The second-order valence-electron chi connectivity index (χ2n) is 7.63. The van der Waals surface area contributed by atoms with Crippen molar-refractivity contribution >= 4 is 17.1 Å². The number of halogens is 1. The summed E-state index contributed by atoms with van der Waals surface area (Å²) in [6.45, 7) is 8.87. The number of carbonyl (C=O) groups excluding carboxylic acids is 1. The molecule has 3 rings (SSSR count). The summed E-state index contributed by atoms with van der Waals surface area (Å²) in [5, 5.41) is 0.784. The van der Waals surface area contributed by atoms with E-state index in [1.165, 1.54) is 6.07 Å². The SMILES string of the molecule is C[C@H]1CN(C(=O)OC(C)(C)C)CC[C@H]1c1cc(F)cc2ccoc12. The van der Waals surface area contributed by atoms with Gasteiger partial charge in [-0.05, 0) is 57.2 Å². The van der Waals surface area contributed by atoms with Gasteiger partial charge in [-0.3, -0.25) is 0 Å². The first-order valence-electron chi connectivity index (χ1n) is 8.39. The number of rotatable bonds is 1. The third-order valence-corrected chi connectivity index (χ3v) is 4.50. The number of furan rings is 1. The van der Waals surface area contributed by atoms with E-state index in [1.807, 2.05) is 20.8 Å². The van der Waals surface area contributed by atoms with Gasteiger partial charge < -0.3 is 14.1 Å². The average Bonchev–Trinajstić information content (AvgIpc) is 2.92. The maximum absolute atomic E-state index is 13.9. The van der Waals surface area contributed by atoms with E-state index in [0.717, 1.165) is 23.0 Å². The van der Waals surface area contributed by atoms with E-state index >= 15 is 0 Å². The van der Waals surface area contributed by atoms with Gasteiger partial charge in [0.05, 0.1) is 6.26 Å². The number of benzene rings is 1. The van der Waals surface area contributed by atoms with Crippen molar-refractivity contribution in [3.05, 3.63) is 35.8 Å². The number of carbonyl (C=O) groups is 1. The van der Waals surface area contributed by atoms with E-state index in [1.54, 1.807) is 23.3 Å².